The Balaban J connectivity index is 1.88. The summed E-state index contributed by atoms with van der Waals surface area (Å²) in [6, 6.07) is 0.424. The van der Waals surface area contributed by atoms with Crippen LogP contribution in [-0.4, -0.2) is 35.5 Å². The first-order valence-corrected chi connectivity index (χ1v) is 7.29. The van der Waals surface area contributed by atoms with Crippen molar-refractivity contribution in [3.63, 3.8) is 0 Å². The SMILES string of the molecule is CCCc1c(NC)ncnc1NCCC(=O)NC1CC1. The van der Waals surface area contributed by atoms with E-state index in [-0.39, 0.29) is 5.91 Å². The lowest BCUT2D eigenvalue weighted by molar-refractivity contribution is -0.120. The Hall–Kier alpha value is -1.85. The number of rotatable bonds is 8. The highest BCUT2D eigenvalue weighted by molar-refractivity contribution is 5.77. The summed E-state index contributed by atoms with van der Waals surface area (Å²) in [5.74, 6) is 1.79. The van der Waals surface area contributed by atoms with E-state index in [1.54, 1.807) is 0 Å². The third-order valence-corrected chi connectivity index (χ3v) is 3.27. The maximum Gasteiger partial charge on any atom is 0.221 e. The van der Waals surface area contributed by atoms with Gasteiger partial charge in [0.15, 0.2) is 0 Å². The van der Waals surface area contributed by atoms with Crippen molar-refractivity contribution in [1.82, 2.24) is 15.3 Å². The standard InChI is InChI=1S/C14H23N5O/c1-3-4-11-13(15-2)17-9-18-14(11)16-8-7-12(20)19-10-5-6-10/h9-10H,3-8H2,1-2H3,(H,19,20)(H2,15,16,17,18). The molecule has 1 aromatic rings. The molecule has 2 rings (SSSR count). The van der Waals surface area contributed by atoms with Crippen LogP contribution >= 0.6 is 0 Å². The minimum absolute atomic E-state index is 0.111. The van der Waals surface area contributed by atoms with Crippen molar-refractivity contribution in [2.24, 2.45) is 0 Å². The van der Waals surface area contributed by atoms with Gasteiger partial charge in [-0.1, -0.05) is 13.3 Å². The topological polar surface area (TPSA) is 78.9 Å². The van der Waals surface area contributed by atoms with Gasteiger partial charge in [0, 0.05) is 31.6 Å². The van der Waals surface area contributed by atoms with Gasteiger partial charge in [-0.05, 0) is 19.3 Å². The molecular formula is C14H23N5O. The highest BCUT2D eigenvalue weighted by Crippen LogP contribution is 2.21. The van der Waals surface area contributed by atoms with E-state index < -0.39 is 0 Å². The first-order chi connectivity index (χ1) is 9.74. The summed E-state index contributed by atoms with van der Waals surface area (Å²) in [6.07, 6.45) is 6.19. The first-order valence-electron chi connectivity index (χ1n) is 7.29. The summed E-state index contributed by atoms with van der Waals surface area (Å²) in [5, 5.41) is 9.31. The van der Waals surface area contributed by atoms with Crippen LogP contribution in [0.1, 0.15) is 38.2 Å². The second-order valence-corrected chi connectivity index (χ2v) is 5.07. The van der Waals surface area contributed by atoms with E-state index in [4.69, 9.17) is 0 Å². The van der Waals surface area contributed by atoms with Crippen LogP contribution in [0.25, 0.3) is 0 Å². The fourth-order valence-electron chi connectivity index (χ4n) is 2.09. The maximum atomic E-state index is 11.6. The molecule has 0 spiro atoms. The molecule has 6 nitrogen and oxygen atoms in total. The van der Waals surface area contributed by atoms with Crippen LogP contribution in [0.2, 0.25) is 0 Å². The molecule has 20 heavy (non-hydrogen) atoms. The van der Waals surface area contributed by atoms with E-state index in [9.17, 15) is 4.79 Å². The summed E-state index contributed by atoms with van der Waals surface area (Å²) in [6.45, 7) is 2.72. The van der Waals surface area contributed by atoms with Crippen molar-refractivity contribution in [3.8, 4) is 0 Å². The van der Waals surface area contributed by atoms with Crippen molar-refractivity contribution >= 4 is 17.5 Å². The Bertz CT molecular complexity index is 459. The summed E-state index contributed by atoms with van der Waals surface area (Å²) in [5.41, 5.74) is 1.08. The van der Waals surface area contributed by atoms with Crippen molar-refractivity contribution in [3.05, 3.63) is 11.9 Å². The van der Waals surface area contributed by atoms with Crippen molar-refractivity contribution < 1.29 is 4.79 Å². The average molecular weight is 277 g/mol. The maximum absolute atomic E-state index is 11.6. The molecule has 3 N–H and O–H groups in total. The number of anilines is 2. The third kappa shape index (κ3) is 4.08. The summed E-state index contributed by atoms with van der Waals surface area (Å²) >= 11 is 0. The number of carbonyl (C=O) groups is 1. The van der Waals surface area contributed by atoms with E-state index in [2.05, 4.69) is 32.8 Å². The number of aromatic nitrogens is 2. The Kier molecular flexibility index (Phi) is 5.15. The fourth-order valence-corrected chi connectivity index (χ4v) is 2.09. The molecule has 1 saturated carbocycles. The van der Waals surface area contributed by atoms with E-state index in [1.165, 1.54) is 6.33 Å². The third-order valence-electron chi connectivity index (χ3n) is 3.27. The number of hydrogen-bond donors (Lipinski definition) is 3. The predicted octanol–water partition coefficient (Wildman–Crippen LogP) is 1.55. The highest BCUT2D eigenvalue weighted by Gasteiger charge is 2.22. The van der Waals surface area contributed by atoms with Gasteiger partial charge in [0.1, 0.15) is 18.0 Å². The molecule has 1 fully saturated rings. The van der Waals surface area contributed by atoms with Gasteiger partial charge in [0.2, 0.25) is 5.91 Å². The summed E-state index contributed by atoms with van der Waals surface area (Å²) in [4.78, 5) is 20.1. The van der Waals surface area contributed by atoms with Crippen LogP contribution in [-0.2, 0) is 11.2 Å². The largest absolute Gasteiger partial charge is 0.373 e. The zero-order valence-corrected chi connectivity index (χ0v) is 12.2. The molecule has 6 heteroatoms. The minimum Gasteiger partial charge on any atom is -0.373 e. The van der Waals surface area contributed by atoms with Crippen molar-refractivity contribution in [1.29, 1.82) is 0 Å². The monoisotopic (exact) mass is 277 g/mol. The Labute approximate surface area is 119 Å². The van der Waals surface area contributed by atoms with Gasteiger partial charge in [-0.2, -0.15) is 0 Å². The van der Waals surface area contributed by atoms with Crippen LogP contribution < -0.4 is 16.0 Å². The number of carbonyl (C=O) groups excluding carboxylic acids is 1. The molecule has 1 amide bonds. The molecule has 0 radical (unpaired) electrons. The lowest BCUT2D eigenvalue weighted by atomic mass is 10.1. The smallest absolute Gasteiger partial charge is 0.221 e. The van der Waals surface area contributed by atoms with Gasteiger partial charge in [0.05, 0.1) is 0 Å². The zero-order valence-electron chi connectivity index (χ0n) is 12.2. The van der Waals surface area contributed by atoms with Crippen molar-refractivity contribution in [2.45, 2.75) is 45.1 Å². The first kappa shape index (κ1) is 14.6. The number of hydrogen-bond acceptors (Lipinski definition) is 5. The number of amides is 1. The second kappa shape index (κ2) is 7.07. The quantitative estimate of drug-likeness (QED) is 0.672. The predicted molar refractivity (Wildman–Crippen MR) is 79.8 cm³/mol. The second-order valence-electron chi connectivity index (χ2n) is 5.07. The molecule has 0 atom stereocenters. The molecule has 0 unspecified atom stereocenters. The van der Waals surface area contributed by atoms with Gasteiger partial charge < -0.3 is 16.0 Å². The Morgan fingerprint density at radius 2 is 2.10 bits per heavy atom. The molecule has 1 aliphatic carbocycles. The van der Waals surface area contributed by atoms with Gasteiger partial charge in [-0.3, -0.25) is 4.79 Å². The molecule has 1 aromatic heterocycles. The van der Waals surface area contributed by atoms with Crippen LogP contribution in [0.3, 0.4) is 0 Å². The zero-order chi connectivity index (χ0) is 14.4. The van der Waals surface area contributed by atoms with Gasteiger partial charge in [-0.25, -0.2) is 9.97 Å². The summed E-state index contributed by atoms with van der Waals surface area (Å²) < 4.78 is 0. The van der Waals surface area contributed by atoms with E-state index in [0.29, 0.717) is 19.0 Å². The van der Waals surface area contributed by atoms with E-state index in [1.807, 2.05) is 7.05 Å². The lowest BCUT2D eigenvalue weighted by Gasteiger charge is -2.13. The molecule has 0 saturated heterocycles. The van der Waals surface area contributed by atoms with Gasteiger partial charge >= 0.3 is 0 Å². The fraction of sp³-hybridized carbons (Fsp3) is 0.643. The van der Waals surface area contributed by atoms with Crippen LogP contribution in [0.15, 0.2) is 6.33 Å². The molecule has 1 aliphatic rings. The Morgan fingerprint density at radius 3 is 2.75 bits per heavy atom. The highest BCUT2D eigenvalue weighted by atomic mass is 16.1. The lowest BCUT2D eigenvalue weighted by Crippen LogP contribution is -2.27. The molecule has 110 valence electrons. The van der Waals surface area contributed by atoms with Gasteiger partial charge in [0.25, 0.3) is 0 Å². The van der Waals surface area contributed by atoms with E-state index >= 15 is 0 Å². The Morgan fingerprint density at radius 1 is 1.35 bits per heavy atom. The molecular weight excluding hydrogens is 254 g/mol. The number of nitrogens with zero attached hydrogens (tertiary/aromatic N) is 2. The summed E-state index contributed by atoms with van der Waals surface area (Å²) in [7, 11) is 1.86. The molecule has 0 aliphatic heterocycles. The normalized spacial score (nSPS) is 13.9. The van der Waals surface area contributed by atoms with Gasteiger partial charge in [-0.15, -0.1) is 0 Å². The van der Waals surface area contributed by atoms with Crippen LogP contribution in [0.5, 0.6) is 0 Å². The average Bonchev–Trinajstić information content (AvgIpc) is 3.24. The molecule has 0 bridgehead atoms. The molecule has 0 aromatic carbocycles. The number of nitrogens with one attached hydrogen (secondary N) is 3. The van der Waals surface area contributed by atoms with E-state index in [0.717, 1.165) is 42.9 Å². The molecule has 1 heterocycles. The minimum atomic E-state index is 0.111. The van der Waals surface area contributed by atoms with Crippen molar-refractivity contribution in [2.75, 3.05) is 24.2 Å². The van der Waals surface area contributed by atoms with Crippen LogP contribution in [0.4, 0.5) is 11.6 Å². The van der Waals surface area contributed by atoms with Crippen LogP contribution in [0, 0.1) is 0 Å².